The van der Waals surface area contributed by atoms with Crippen molar-refractivity contribution in [2.45, 2.75) is 30.5 Å². The zero-order valence-corrected chi connectivity index (χ0v) is 12.0. The molecule has 20 heavy (non-hydrogen) atoms. The van der Waals surface area contributed by atoms with Gasteiger partial charge in [0.15, 0.2) is 0 Å². The molecule has 0 saturated carbocycles. The second-order valence-corrected chi connectivity index (χ2v) is 6.47. The molecule has 0 aliphatic carbocycles. The average Bonchev–Trinajstić information content (AvgIpc) is 2.37. The quantitative estimate of drug-likeness (QED) is 0.905. The van der Waals surface area contributed by atoms with Gasteiger partial charge in [-0.3, -0.25) is 0 Å². The van der Waals surface area contributed by atoms with E-state index in [1.807, 2.05) is 0 Å². The van der Waals surface area contributed by atoms with E-state index < -0.39 is 21.8 Å². The molecule has 1 unspecified atom stereocenters. The molecular weight excluding hydrogens is 293 g/mol. The predicted octanol–water partition coefficient (Wildman–Crippen LogP) is 2.06. The Labute approximate surface area is 116 Å². The molecule has 1 aromatic carbocycles. The van der Waals surface area contributed by atoms with E-state index in [-0.39, 0.29) is 10.9 Å². The molecule has 1 aromatic rings. The summed E-state index contributed by atoms with van der Waals surface area (Å²) in [6.45, 7) is 1.95. The standard InChI is InChI=1S/C12H17F3N2O2S/c1-9(6-7-16)17(2)20(18,19)11-5-3-4-10(8-11)12(13,14)15/h3-5,8-9H,6-7,16H2,1-2H3. The molecular formula is C12H17F3N2O2S. The SMILES string of the molecule is CC(CCN)N(C)S(=O)(=O)c1cccc(C(F)(F)F)c1. The van der Waals surface area contributed by atoms with E-state index in [0.717, 1.165) is 22.5 Å². The van der Waals surface area contributed by atoms with E-state index in [9.17, 15) is 21.6 Å². The van der Waals surface area contributed by atoms with Gasteiger partial charge in [-0.1, -0.05) is 6.07 Å². The van der Waals surface area contributed by atoms with Gasteiger partial charge in [0.1, 0.15) is 0 Å². The number of benzene rings is 1. The molecule has 0 amide bonds. The fraction of sp³-hybridized carbons (Fsp3) is 0.500. The van der Waals surface area contributed by atoms with E-state index in [2.05, 4.69) is 0 Å². The van der Waals surface area contributed by atoms with Crippen LogP contribution in [0.25, 0.3) is 0 Å². The highest BCUT2D eigenvalue weighted by atomic mass is 32.2. The van der Waals surface area contributed by atoms with Gasteiger partial charge >= 0.3 is 6.18 Å². The summed E-state index contributed by atoms with van der Waals surface area (Å²) in [6.07, 6.45) is -4.15. The summed E-state index contributed by atoms with van der Waals surface area (Å²) in [6, 6.07) is 3.32. The minimum atomic E-state index is -4.58. The topological polar surface area (TPSA) is 63.4 Å². The molecule has 8 heteroatoms. The Morgan fingerprint density at radius 1 is 1.35 bits per heavy atom. The molecule has 0 aliphatic rings. The summed E-state index contributed by atoms with van der Waals surface area (Å²) >= 11 is 0. The molecule has 0 radical (unpaired) electrons. The molecule has 4 nitrogen and oxygen atoms in total. The monoisotopic (exact) mass is 310 g/mol. The molecule has 2 N–H and O–H groups in total. The molecule has 0 heterocycles. The Bertz CT molecular complexity index is 558. The second-order valence-electron chi connectivity index (χ2n) is 4.47. The van der Waals surface area contributed by atoms with Gasteiger partial charge in [-0.25, -0.2) is 8.42 Å². The summed E-state index contributed by atoms with van der Waals surface area (Å²) in [5.74, 6) is 0. The number of hydrogen-bond acceptors (Lipinski definition) is 3. The van der Waals surface area contributed by atoms with Crippen LogP contribution in [-0.4, -0.2) is 32.4 Å². The lowest BCUT2D eigenvalue weighted by molar-refractivity contribution is -0.137. The Kier molecular flexibility index (Phi) is 5.17. The van der Waals surface area contributed by atoms with Gasteiger partial charge in [-0.05, 0) is 38.1 Å². The first kappa shape index (κ1) is 16.9. The van der Waals surface area contributed by atoms with Crippen LogP contribution in [0.3, 0.4) is 0 Å². The third-order valence-electron chi connectivity index (χ3n) is 3.04. The Morgan fingerprint density at radius 2 is 1.95 bits per heavy atom. The first-order valence-corrected chi connectivity index (χ1v) is 7.40. The van der Waals surface area contributed by atoms with Crippen molar-refractivity contribution in [1.29, 1.82) is 0 Å². The summed E-state index contributed by atoms with van der Waals surface area (Å²) < 4.78 is 63.4. The number of rotatable bonds is 5. The fourth-order valence-electron chi connectivity index (χ4n) is 1.66. The number of sulfonamides is 1. The molecule has 0 saturated heterocycles. The molecule has 1 rings (SSSR count). The van der Waals surface area contributed by atoms with Crippen LogP contribution in [-0.2, 0) is 16.2 Å². The van der Waals surface area contributed by atoms with Crippen molar-refractivity contribution in [2.24, 2.45) is 5.73 Å². The highest BCUT2D eigenvalue weighted by Crippen LogP contribution is 2.31. The van der Waals surface area contributed by atoms with Crippen LogP contribution in [0, 0.1) is 0 Å². The van der Waals surface area contributed by atoms with Crippen LogP contribution >= 0.6 is 0 Å². The van der Waals surface area contributed by atoms with Crippen molar-refractivity contribution >= 4 is 10.0 Å². The number of nitrogens with two attached hydrogens (primary N) is 1. The highest BCUT2D eigenvalue weighted by Gasteiger charge is 2.33. The van der Waals surface area contributed by atoms with Crippen LogP contribution in [0.2, 0.25) is 0 Å². The van der Waals surface area contributed by atoms with Gasteiger partial charge < -0.3 is 5.73 Å². The normalized spacial score (nSPS) is 14.6. The van der Waals surface area contributed by atoms with Gasteiger partial charge in [0.05, 0.1) is 10.5 Å². The van der Waals surface area contributed by atoms with Gasteiger partial charge in [0, 0.05) is 13.1 Å². The van der Waals surface area contributed by atoms with Crippen molar-refractivity contribution in [3.8, 4) is 0 Å². The van der Waals surface area contributed by atoms with Crippen LogP contribution in [0.4, 0.5) is 13.2 Å². The molecule has 0 spiro atoms. The zero-order chi connectivity index (χ0) is 15.6. The lowest BCUT2D eigenvalue weighted by Gasteiger charge is -2.24. The number of halogens is 3. The molecule has 1 atom stereocenters. The van der Waals surface area contributed by atoms with Gasteiger partial charge in [0.2, 0.25) is 10.0 Å². The Balaban J connectivity index is 3.16. The lowest BCUT2D eigenvalue weighted by Crippen LogP contribution is -2.36. The maximum Gasteiger partial charge on any atom is 0.416 e. The molecule has 114 valence electrons. The van der Waals surface area contributed by atoms with Gasteiger partial charge in [-0.15, -0.1) is 0 Å². The summed E-state index contributed by atoms with van der Waals surface area (Å²) in [5, 5.41) is 0. The molecule has 0 bridgehead atoms. The Hall–Kier alpha value is -1.12. The van der Waals surface area contributed by atoms with Gasteiger partial charge in [-0.2, -0.15) is 17.5 Å². The predicted molar refractivity (Wildman–Crippen MR) is 69.5 cm³/mol. The number of alkyl halides is 3. The Morgan fingerprint density at radius 3 is 2.45 bits per heavy atom. The molecule has 0 aromatic heterocycles. The summed E-state index contributed by atoms with van der Waals surface area (Å²) in [7, 11) is -2.64. The maximum atomic E-state index is 12.6. The van der Waals surface area contributed by atoms with Crippen molar-refractivity contribution in [1.82, 2.24) is 4.31 Å². The summed E-state index contributed by atoms with van der Waals surface area (Å²) in [4.78, 5) is -0.376. The highest BCUT2D eigenvalue weighted by molar-refractivity contribution is 7.89. The van der Waals surface area contributed by atoms with Crippen molar-refractivity contribution in [3.05, 3.63) is 29.8 Å². The minimum Gasteiger partial charge on any atom is -0.330 e. The van der Waals surface area contributed by atoms with Crippen LogP contribution in [0.1, 0.15) is 18.9 Å². The average molecular weight is 310 g/mol. The molecule has 0 fully saturated rings. The van der Waals surface area contributed by atoms with Crippen LogP contribution < -0.4 is 5.73 Å². The van der Waals surface area contributed by atoms with Crippen LogP contribution in [0.5, 0.6) is 0 Å². The maximum absolute atomic E-state index is 12.6. The number of hydrogen-bond donors (Lipinski definition) is 1. The van der Waals surface area contributed by atoms with E-state index in [1.54, 1.807) is 6.92 Å². The third kappa shape index (κ3) is 3.71. The smallest absolute Gasteiger partial charge is 0.330 e. The van der Waals surface area contributed by atoms with E-state index in [4.69, 9.17) is 5.73 Å². The minimum absolute atomic E-state index is 0.295. The largest absolute Gasteiger partial charge is 0.416 e. The fourth-order valence-corrected chi connectivity index (χ4v) is 3.10. The van der Waals surface area contributed by atoms with Gasteiger partial charge in [0.25, 0.3) is 0 Å². The van der Waals surface area contributed by atoms with Crippen molar-refractivity contribution < 1.29 is 21.6 Å². The lowest BCUT2D eigenvalue weighted by atomic mass is 10.2. The first-order valence-electron chi connectivity index (χ1n) is 5.96. The first-order chi connectivity index (χ1) is 9.10. The van der Waals surface area contributed by atoms with E-state index in [1.165, 1.54) is 7.05 Å². The zero-order valence-electron chi connectivity index (χ0n) is 11.2. The van der Waals surface area contributed by atoms with E-state index in [0.29, 0.717) is 19.0 Å². The van der Waals surface area contributed by atoms with Crippen LogP contribution in [0.15, 0.2) is 29.2 Å². The number of nitrogens with zero attached hydrogens (tertiary/aromatic N) is 1. The third-order valence-corrected chi connectivity index (χ3v) is 5.01. The van der Waals surface area contributed by atoms with E-state index >= 15 is 0 Å². The molecule has 0 aliphatic heterocycles. The second kappa shape index (κ2) is 6.11. The van der Waals surface area contributed by atoms with Crippen molar-refractivity contribution in [2.75, 3.05) is 13.6 Å². The van der Waals surface area contributed by atoms with Crippen molar-refractivity contribution in [3.63, 3.8) is 0 Å². The summed E-state index contributed by atoms with van der Waals surface area (Å²) in [5.41, 5.74) is 4.37.